The second-order valence-electron chi connectivity index (χ2n) is 9.67. The molecule has 0 radical (unpaired) electrons. The van der Waals surface area contributed by atoms with Crippen molar-refractivity contribution in [3.05, 3.63) is 90.5 Å². The standard InChI is InChI=1S/C31H31N3O/c1-2-34-29-13-6-5-12-27(29)28-20-25(14-15-30(28)34)32-31(35)23-16-18-33(19-17-23)21-24-10-7-9-22-8-3-4-11-26(22)24/h3-15,20,23H,2,16-19,21H2,1H3,(H,32,35). The van der Waals surface area contributed by atoms with Crippen LogP contribution in [0.25, 0.3) is 32.6 Å². The number of hydrogen-bond donors (Lipinski definition) is 1. The van der Waals surface area contributed by atoms with Gasteiger partial charge < -0.3 is 9.88 Å². The van der Waals surface area contributed by atoms with Crippen LogP contribution >= 0.6 is 0 Å². The van der Waals surface area contributed by atoms with Gasteiger partial charge >= 0.3 is 0 Å². The Bertz CT molecular complexity index is 1520. The van der Waals surface area contributed by atoms with Crippen molar-refractivity contribution < 1.29 is 4.79 Å². The fourth-order valence-corrected chi connectivity index (χ4v) is 5.74. The van der Waals surface area contributed by atoms with Crippen LogP contribution in [0.15, 0.2) is 84.9 Å². The molecule has 0 aliphatic carbocycles. The van der Waals surface area contributed by atoms with Crippen LogP contribution in [0.2, 0.25) is 0 Å². The zero-order valence-electron chi connectivity index (χ0n) is 20.2. The van der Waals surface area contributed by atoms with Crippen LogP contribution in [-0.4, -0.2) is 28.5 Å². The predicted molar refractivity (Wildman–Crippen MR) is 146 cm³/mol. The zero-order valence-corrected chi connectivity index (χ0v) is 20.2. The fraction of sp³-hybridized carbons (Fsp3) is 0.258. The van der Waals surface area contributed by atoms with Gasteiger partial charge in [-0.1, -0.05) is 60.7 Å². The summed E-state index contributed by atoms with van der Waals surface area (Å²) in [5.74, 6) is 0.208. The molecule has 4 nitrogen and oxygen atoms in total. The van der Waals surface area contributed by atoms with Crippen LogP contribution < -0.4 is 5.32 Å². The molecule has 4 heteroatoms. The van der Waals surface area contributed by atoms with Crippen molar-refractivity contribution in [1.82, 2.24) is 9.47 Å². The topological polar surface area (TPSA) is 37.3 Å². The Morgan fingerprint density at radius 1 is 0.829 bits per heavy atom. The molecule has 0 bridgehead atoms. The maximum absolute atomic E-state index is 13.1. The van der Waals surface area contributed by atoms with Gasteiger partial charge in [0.05, 0.1) is 0 Å². The number of aryl methyl sites for hydroxylation is 1. The van der Waals surface area contributed by atoms with Crippen molar-refractivity contribution in [3.8, 4) is 0 Å². The number of nitrogens with zero attached hydrogens (tertiary/aromatic N) is 2. The van der Waals surface area contributed by atoms with Gasteiger partial charge in [-0.2, -0.15) is 0 Å². The van der Waals surface area contributed by atoms with Crippen LogP contribution in [0.1, 0.15) is 25.3 Å². The molecule has 176 valence electrons. The monoisotopic (exact) mass is 461 g/mol. The number of amides is 1. The number of rotatable bonds is 5. The van der Waals surface area contributed by atoms with E-state index in [1.807, 2.05) is 6.07 Å². The summed E-state index contributed by atoms with van der Waals surface area (Å²) in [6.07, 6.45) is 1.79. The van der Waals surface area contributed by atoms with E-state index in [9.17, 15) is 4.79 Å². The van der Waals surface area contributed by atoms with Gasteiger partial charge in [0, 0.05) is 46.5 Å². The third kappa shape index (κ3) is 4.08. The third-order valence-electron chi connectivity index (χ3n) is 7.59. The van der Waals surface area contributed by atoms with E-state index in [4.69, 9.17) is 0 Å². The maximum Gasteiger partial charge on any atom is 0.227 e. The van der Waals surface area contributed by atoms with Crippen molar-refractivity contribution in [3.63, 3.8) is 0 Å². The van der Waals surface area contributed by atoms with Gasteiger partial charge in [-0.05, 0) is 73.5 Å². The molecule has 1 aromatic heterocycles. The number of carbonyl (C=O) groups excluding carboxylic acids is 1. The molecule has 1 aliphatic heterocycles. The second-order valence-corrected chi connectivity index (χ2v) is 9.67. The SMILES string of the molecule is CCn1c2ccccc2c2cc(NC(=O)C3CCN(Cc4cccc5ccccc45)CC3)ccc21. The first kappa shape index (κ1) is 21.9. The number of hydrogen-bond acceptors (Lipinski definition) is 2. The number of anilines is 1. The van der Waals surface area contributed by atoms with E-state index < -0.39 is 0 Å². The van der Waals surface area contributed by atoms with E-state index in [2.05, 4.69) is 101 Å². The maximum atomic E-state index is 13.1. The number of para-hydroxylation sites is 1. The Kier molecular flexibility index (Phi) is 5.75. The highest BCUT2D eigenvalue weighted by molar-refractivity contribution is 6.09. The van der Waals surface area contributed by atoms with Gasteiger partial charge in [0.25, 0.3) is 0 Å². The summed E-state index contributed by atoms with van der Waals surface area (Å²) >= 11 is 0. The molecule has 35 heavy (non-hydrogen) atoms. The van der Waals surface area contributed by atoms with Gasteiger partial charge in [-0.15, -0.1) is 0 Å². The molecule has 0 spiro atoms. The summed E-state index contributed by atoms with van der Waals surface area (Å²) < 4.78 is 2.34. The fourth-order valence-electron chi connectivity index (χ4n) is 5.74. The largest absolute Gasteiger partial charge is 0.341 e. The summed E-state index contributed by atoms with van der Waals surface area (Å²) in [5, 5.41) is 8.27. The lowest BCUT2D eigenvalue weighted by Gasteiger charge is -2.31. The highest BCUT2D eigenvalue weighted by atomic mass is 16.1. The highest BCUT2D eigenvalue weighted by Crippen LogP contribution is 2.31. The molecular formula is C31H31N3O. The van der Waals surface area contributed by atoms with E-state index in [1.165, 1.54) is 38.1 Å². The van der Waals surface area contributed by atoms with Crippen molar-refractivity contribution in [2.45, 2.75) is 32.9 Å². The number of piperidine rings is 1. The van der Waals surface area contributed by atoms with Crippen LogP contribution in [-0.2, 0) is 17.9 Å². The zero-order chi connectivity index (χ0) is 23.8. The minimum atomic E-state index is 0.0615. The van der Waals surface area contributed by atoms with E-state index in [0.29, 0.717) is 0 Å². The number of fused-ring (bicyclic) bond motifs is 4. The minimum absolute atomic E-state index is 0.0615. The molecule has 1 amide bonds. The van der Waals surface area contributed by atoms with Crippen LogP contribution in [0.5, 0.6) is 0 Å². The van der Waals surface area contributed by atoms with E-state index in [-0.39, 0.29) is 11.8 Å². The molecule has 0 atom stereocenters. The summed E-state index contributed by atoms with van der Waals surface area (Å²) in [5.41, 5.74) is 4.71. The molecule has 1 fully saturated rings. The second kappa shape index (κ2) is 9.20. The van der Waals surface area contributed by atoms with Crippen LogP contribution in [0, 0.1) is 5.92 Å². The summed E-state index contributed by atoms with van der Waals surface area (Å²) in [4.78, 5) is 15.6. The molecule has 1 aliphatic rings. The van der Waals surface area contributed by atoms with Crippen molar-refractivity contribution in [2.24, 2.45) is 5.92 Å². The molecule has 1 saturated heterocycles. The summed E-state index contributed by atoms with van der Waals surface area (Å²) in [6, 6.07) is 30.0. The molecule has 2 heterocycles. The normalized spacial score (nSPS) is 15.2. The first-order valence-electron chi connectivity index (χ1n) is 12.7. The minimum Gasteiger partial charge on any atom is -0.341 e. The number of nitrogens with one attached hydrogen (secondary N) is 1. The van der Waals surface area contributed by atoms with E-state index in [0.717, 1.165) is 44.7 Å². The predicted octanol–water partition coefficient (Wildman–Crippen LogP) is 6.82. The van der Waals surface area contributed by atoms with Gasteiger partial charge in [-0.25, -0.2) is 0 Å². The van der Waals surface area contributed by atoms with E-state index in [1.54, 1.807) is 0 Å². The molecule has 1 N–H and O–H groups in total. The average molecular weight is 462 g/mol. The van der Waals surface area contributed by atoms with Crippen LogP contribution in [0.3, 0.4) is 0 Å². The number of likely N-dealkylation sites (tertiary alicyclic amines) is 1. The first-order valence-corrected chi connectivity index (χ1v) is 12.7. The van der Waals surface area contributed by atoms with Crippen molar-refractivity contribution in [2.75, 3.05) is 18.4 Å². The summed E-state index contributed by atoms with van der Waals surface area (Å²) in [6.45, 7) is 5.93. The Balaban J connectivity index is 1.13. The van der Waals surface area contributed by atoms with Gasteiger partial charge in [0.1, 0.15) is 0 Å². The Morgan fingerprint density at radius 2 is 1.54 bits per heavy atom. The lowest BCUT2D eigenvalue weighted by atomic mass is 9.95. The van der Waals surface area contributed by atoms with E-state index >= 15 is 0 Å². The summed E-state index contributed by atoms with van der Waals surface area (Å²) in [7, 11) is 0. The van der Waals surface area contributed by atoms with Crippen molar-refractivity contribution >= 4 is 44.2 Å². The molecule has 0 unspecified atom stereocenters. The molecular weight excluding hydrogens is 430 g/mol. The van der Waals surface area contributed by atoms with Crippen molar-refractivity contribution in [1.29, 1.82) is 0 Å². The van der Waals surface area contributed by atoms with Crippen LogP contribution in [0.4, 0.5) is 5.69 Å². The molecule has 0 saturated carbocycles. The molecule has 6 rings (SSSR count). The number of aromatic nitrogens is 1. The molecule has 4 aromatic carbocycles. The third-order valence-corrected chi connectivity index (χ3v) is 7.59. The molecule has 5 aromatic rings. The van der Waals surface area contributed by atoms with Gasteiger partial charge in [0.2, 0.25) is 5.91 Å². The number of benzene rings is 4. The highest BCUT2D eigenvalue weighted by Gasteiger charge is 2.25. The van der Waals surface area contributed by atoms with Gasteiger partial charge in [0.15, 0.2) is 0 Å². The Labute approximate surface area is 206 Å². The number of carbonyl (C=O) groups is 1. The van der Waals surface area contributed by atoms with Gasteiger partial charge in [-0.3, -0.25) is 9.69 Å². The Morgan fingerprint density at radius 3 is 2.37 bits per heavy atom. The first-order chi connectivity index (χ1) is 17.2. The quantitative estimate of drug-likeness (QED) is 0.312. The lowest BCUT2D eigenvalue weighted by Crippen LogP contribution is -2.37. The smallest absolute Gasteiger partial charge is 0.227 e. The lowest BCUT2D eigenvalue weighted by molar-refractivity contribution is -0.121. The Hall–Kier alpha value is -3.63. The average Bonchev–Trinajstić information content (AvgIpc) is 3.22.